The molecule has 25 heavy (non-hydrogen) atoms. The van der Waals surface area contributed by atoms with Gasteiger partial charge in [0, 0.05) is 0 Å². The Morgan fingerprint density at radius 1 is 0.680 bits per heavy atom. The van der Waals surface area contributed by atoms with Crippen LogP contribution in [-0.2, 0) is 19.3 Å². The molecule has 0 aliphatic heterocycles. The highest BCUT2D eigenvalue weighted by Crippen LogP contribution is 2.23. The molecule has 0 amide bonds. The highest BCUT2D eigenvalue weighted by atomic mass is 19.4. The lowest BCUT2D eigenvalue weighted by Crippen LogP contribution is -2.17. The van der Waals surface area contributed by atoms with Gasteiger partial charge in [0.1, 0.15) is 5.75 Å². The Hall–Kier alpha value is -1.97. The van der Waals surface area contributed by atoms with Crippen molar-refractivity contribution in [3.8, 4) is 5.75 Å². The average molecular weight is 350 g/mol. The SMILES string of the molecule is CCCCCCc1ccc(CCc2ccc(OC(F)(F)F)cc2)cc1. The maximum absolute atomic E-state index is 12.1. The van der Waals surface area contributed by atoms with Crippen LogP contribution < -0.4 is 4.74 Å². The Morgan fingerprint density at radius 2 is 1.16 bits per heavy atom. The fourth-order valence-corrected chi connectivity index (χ4v) is 2.77. The normalized spacial score (nSPS) is 11.5. The maximum atomic E-state index is 12.1. The molecule has 0 saturated carbocycles. The van der Waals surface area contributed by atoms with Crippen LogP contribution in [0.4, 0.5) is 13.2 Å². The van der Waals surface area contributed by atoms with E-state index in [1.54, 1.807) is 12.1 Å². The molecular weight excluding hydrogens is 325 g/mol. The van der Waals surface area contributed by atoms with Crippen LogP contribution in [0.2, 0.25) is 0 Å². The first-order valence-corrected chi connectivity index (χ1v) is 8.89. The summed E-state index contributed by atoms with van der Waals surface area (Å²) in [5, 5.41) is 0. The Morgan fingerprint density at radius 3 is 1.64 bits per heavy atom. The minimum atomic E-state index is -4.64. The second-order valence-electron chi connectivity index (χ2n) is 6.32. The van der Waals surface area contributed by atoms with E-state index in [1.807, 2.05) is 0 Å². The van der Waals surface area contributed by atoms with Crippen LogP contribution in [0.15, 0.2) is 48.5 Å². The minimum Gasteiger partial charge on any atom is -0.406 e. The maximum Gasteiger partial charge on any atom is 0.573 e. The van der Waals surface area contributed by atoms with Crippen LogP contribution in [0, 0.1) is 0 Å². The number of alkyl halides is 3. The predicted molar refractivity (Wildman–Crippen MR) is 94.8 cm³/mol. The zero-order chi connectivity index (χ0) is 18.1. The fraction of sp³-hybridized carbons (Fsp3) is 0.429. The lowest BCUT2D eigenvalue weighted by atomic mass is 10.0. The van der Waals surface area contributed by atoms with Crippen LogP contribution in [0.3, 0.4) is 0 Å². The van der Waals surface area contributed by atoms with Gasteiger partial charge in [-0.2, -0.15) is 0 Å². The third kappa shape index (κ3) is 7.63. The zero-order valence-corrected chi connectivity index (χ0v) is 14.6. The second-order valence-corrected chi connectivity index (χ2v) is 6.32. The number of rotatable bonds is 9. The molecule has 0 bridgehead atoms. The number of halogens is 3. The molecule has 0 heterocycles. The summed E-state index contributed by atoms with van der Waals surface area (Å²) in [4.78, 5) is 0. The van der Waals surface area contributed by atoms with E-state index in [9.17, 15) is 13.2 Å². The van der Waals surface area contributed by atoms with Gasteiger partial charge in [-0.15, -0.1) is 13.2 Å². The van der Waals surface area contributed by atoms with Gasteiger partial charge in [0.2, 0.25) is 0 Å². The van der Waals surface area contributed by atoms with Crippen molar-refractivity contribution in [2.75, 3.05) is 0 Å². The fourth-order valence-electron chi connectivity index (χ4n) is 2.77. The molecule has 2 aromatic rings. The van der Waals surface area contributed by atoms with Crippen molar-refractivity contribution in [1.82, 2.24) is 0 Å². The summed E-state index contributed by atoms with van der Waals surface area (Å²) in [6.07, 6.45) is 3.22. The third-order valence-corrected chi connectivity index (χ3v) is 4.20. The van der Waals surface area contributed by atoms with Gasteiger partial charge in [-0.25, -0.2) is 0 Å². The van der Waals surface area contributed by atoms with Gasteiger partial charge < -0.3 is 4.74 Å². The highest BCUT2D eigenvalue weighted by molar-refractivity contribution is 5.29. The van der Waals surface area contributed by atoms with Gasteiger partial charge in [-0.3, -0.25) is 0 Å². The lowest BCUT2D eigenvalue weighted by Gasteiger charge is -2.09. The van der Waals surface area contributed by atoms with Crippen molar-refractivity contribution >= 4 is 0 Å². The topological polar surface area (TPSA) is 9.23 Å². The summed E-state index contributed by atoms with van der Waals surface area (Å²) in [6.45, 7) is 2.21. The number of aryl methyl sites for hydroxylation is 3. The van der Waals surface area contributed by atoms with Crippen LogP contribution in [0.1, 0.15) is 49.3 Å². The highest BCUT2D eigenvalue weighted by Gasteiger charge is 2.30. The number of hydrogen-bond acceptors (Lipinski definition) is 1. The van der Waals surface area contributed by atoms with Gasteiger partial charge in [-0.05, 0) is 54.5 Å². The number of benzene rings is 2. The molecule has 0 aliphatic carbocycles. The largest absolute Gasteiger partial charge is 0.573 e. The summed E-state index contributed by atoms with van der Waals surface area (Å²) in [6, 6.07) is 14.8. The Bertz CT molecular complexity index is 615. The van der Waals surface area contributed by atoms with Crippen molar-refractivity contribution < 1.29 is 17.9 Å². The number of ether oxygens (including phenoxy) is 1. The quantitative estimate of drug-likeness (QED) is 0.469. The summed E-state index contributed by atoms with van der Waals surface area (Å²) >= 11 is 0. The molecule has 0 atom stereocenters. The van der Waals surface area contributed by atoms with E-state index in [0.717, 1.165) is 24.8 Å². The first kappa shape index (κ1) is 19.4. The Balaban J connectivity index is 1.79. The molecule has 4 heteroatoms. The molecule has 0 unspecified atom stereocenters. The van der Waals surface area contributed by atoms with E-state index in [0.29, 0.717) is 0 Å². The van der Waals surface area contributed by atoms with Crippen LogP contribution in [0.25, 0.3) is 0 Å². The first-order chi connectivity index (χ1) is 12.0. The molecule has 0 aliphatic rings. The molecule has 1 nitrogen and oxygen atoms in total. The van der Waals surface area contributed by atoms with Crippen molar-refractivity contribution in [2.24, 2.45) is 0 Å². The molecule has 0 aromatic heterocycles. The summed E-state index contributed by atoms with van der Waals surface area (Å²) in [5.74, 6) is -0.177. The summed E-state index contributed by atoms with van der Waals surface area (Å²) in [5.41, 5.74) is 3.61. The first-order valence-electron chi connectivity index (χ1n) is 8.89. The molecule has 2 aromatic carbocycles. The van der Waals surface area contributed by atoms with Gasteiger partial charge in [0.05, 0.1) is 0 Å². The Kier molecular flexibility index (Phi) is 7.35. The van der Waals surface area contributed by atoms with Gasteiger partial charge >= 0.3 is 6.36 Å². The zero-order valence-electron chi connectivity index (χ0n) is 14.6. The van der Waals surface area contributed by atoms with E-state index in [2.05, 4.69) is 35.9 Å². The van der Waals surface area contributed by atoms with E-state index in [1.165, 1.54) is 48.9 Å². The summed E-state index contributed by atoms with van der Waals surface area (Å²) in [7, 11) is 0. The lowest BCUT2D eigenvalue weighted by molar-refractivity contribution is -0.274. The van der Waals surface area contributed by atoms with Crippen molar-refractivity contribution in [3.05, 3.63) is 65.2 Å². The van der Waals surface area contributed by atoms with Crippen LogP contribution >= 0.6 is 0 Å². The molecule has 0 spiro atoms. The second kappa shape index (κ2) is 9.50. The molecule has 2 rings (SSSR count). The molecule has 0 N–H and O–H groups in total. The van der Waals surface area contributed by atoms with E-state index in [-0.39, 0.29) is 5.75 Å². The molecular formula is C21H25F3O. The molecule has 0 radical (unpaired) electrons. The van der Waals surface area contributed by atoms with E-state index < -0.39 is 6.36 Å². The third-order valence-electron chi connectivity index (χ3n) is 4.20. The number of hydrogen-bond donors (Lipinski definition) is 0. The average Bonchev–Trinajstić information content (AvgIpc) is 2.58. The van der Waals surface area contributed by atoms with Crippen molar-refractivity contribution in [1.29, 1.82) is 0 Å². The molecule has 0 fully saturated rings. The molecule has 0 saturated heterocycles. The van der Waals surface area contributed by atoms with E-state index in [4.69, 9.17) is 0 Å². The summed E-state index contributed by atoms with van der Waals surface area (Å²) < 4.78 is 40.3. The van der Waals surface area contributed by atoms with Crippen LogP contribution in [0.5, 0.6) is 5.75 Å². The minimum absolute atomic E-state index is 0.177. The smallest absolute Gasteiger partial charge is 0.406 e. The monoisotopic (exact) mass is 350 g/mol. The Labute approximate surface area is 147 Å². The van der Waals surface area contributed by atoms with Gasteiger partial charge in [0.15, 0.2) is 0 Å². The van der Waals surface area contributed by atoms with Crippen molar-refractivity contribution in [2.45, 2.75) is 58.2 Å². The standard InChI is InChI=1S/C21H25F3O/c1-2-3-4-5-6-17-7-9-18(10-8-17)11-12-19-13-15-20(16-14-19)25-21(22,23)24/h7-10,13-16H,2-6,11-12H2,1H3. The van der Waals surface area contributed by atoms with Crippen LogP contribution in [-0.4, -0.2) is 6.36 Å². The van der Waals surface area contributed by atoms with Gasteiger partial charge in [0.25, 0.3) is 0 Å². The molecule has 136 valence electrons. The van der Waals surface area contributed by atoms with Crippen molar-refractivity contribution in [3.63, 3.8) is 0 Å². The van der Waals surface area contributed by atoms with E-state index >= 15 is 0 Å². The van der Waals surface area contributed by atoms with Gasteiger partial charge in [-0.1, -0.05) is 62.6 Å². The number of unbranched alkanes of at least 4 members (excludes halogenated alkanes) is 3. The predicted octanol–water partition coefficient (Wildman–Crippen LogP) is 6.49.